The Hall–Kier alpha value is -3.49. The van der Waals surface area contributed by atoms with Gasteiger partial charge in [-0.25, -0.2) is 0 Å². The van der Waals surface area contributed by atoms with Gasteiger partial charge in [-0.1, -0.05) is 0 Å². The molecule has 1 aliphatic carbocycles. The van der Waals surface area contributed by atoms with Gasteiger partial charge in [0.05, 0.1) is 32.3 Å². The second-order valence-corrected chi connectivity index (χ2v) is 11.4. The molecule has 4 aliphatic rings. The number of fused-ring (bicyclic) bond motifs is 6. The Balaban J connectivity index is 1.76. The molecule has 1 saturated heterocycles. The Morgan fingerprint density at radius 3 is 2.33 bits per heavy atom. The lowest BCUT2D eigenvalue weighted by atomic mass is 9.70. The van der Waals surface area contributed by atoms with E-state index in [0.717, 1.165) is 0 Å². The molecule has 228 valence electrons. The Morgan fingerprint density at radius 2 is 1.76 bits per heavy atom. The van der Waals surface area contributed by atoms with Crippen LogP contribution in [0, 0.1) is 6.92 Å². The van der Waals surface area contributed by atoms with Gasteiger partial charge in [-0.2, -0.15) is 0 Å². The maximum absolute atomic E-state index is 13.8. The molecule has 1 aromatic carbocycles. The van der Waals surface area contributed by atoms with Gasteiger partial charge in [0.2, 0.25) is 5.78 Å². The summed E-state index contributed by atoms with van der Waals surface area (Å²) in [6, 6.07) is -3.61. The number of phenolic OH excluding ortho intramolecular Hbond substituents is 2. The fraction of sp³-hybridized carbons (Fsp3) is 0.552. The molecule has 2 unspecified atom stereocenters. The van der Waals surface area contributed by atoms with Crippen molar-refractivity contribution < 1.29 is 49.6 Å². The number of hydrogen-bond acceptors (Lipinski definition) is 11. The summed E-state index contributed by atoms with van der Waals surface area (Å²) in [6.07, 6.45) is -2.11. The zero-order valence-corrected chi connectivity index (χ0v) is 24.8. The van der Waals surface area contributed by atoms with Gasteiger partial charge in [0.25, 0.3) is 5.91 Å². The van der Waals surface area contributed by atoms with Crippen molar-refractivity contribution in [1.82, 2.24) is 15.1 Å². The van der Waals surface area contributed by atoms with Gasteiger partial charge in [0.15, 0.2) is 29.1 Å². The zero-order valence-electron chi connectivity index (χ0n) is 24.8. The van der Waals surface area contributed by atoms with Crippen molar-refractivity contribution in [1.29, 1.82) is 0 Å². The highest BCUT2D eigenvalue weighted by Gasteiger charge is 2.60. The number of hydrogen-bond donors (Lipinski definition) is 5. The van der Waals surface area contributed by atoms with Crippen LogP contribution in [0.3, 0.4) is 0 Å². The van der Waals surface area contributed by atoms with E-state index in [0.29, 0.717) is 16.7 Å². The van der Waals surface area contributed by atoms with Gasteiger partial charge in [-0.05, 0) is 34.2 Å². The third kappa shape index (κ3) is 3.98. The number of carbonyl (C=O) groups excluding carboxylic acids is 3. The quantitative estimate of drug-likeness (QED) is 0.210. The molecular formula is C29H39N4O9+. The number of ether oxygens (including phenoxy) is 3. The first kappa shape index (κ1) is 30.0. The van der Waals surface area contributed by atoms with Crippen LogP contribution in [0.25, 0.3) is 0 Å². The van der Waals surface area contributed by atoms with Crippen LogP contribution in [0.15, 0.2) is 22.5 Å². The maximum Gasteiger partial charge on any atom is 0.277 e. The summed E-state index contributed by atoms with van der Waals surface area (Å²) in [4.78, 5) is 43.8. The van der Waals surface area contributed by atoms with Crippen molar-refractivity contribution in [2.24, 2.45) is 0 Å². The Morgan fingerprint density at radius 1 is 1.10 bits per heavy atom. The number of likely N-dealkylation sites (N-methyl/N-ethyl adjacent to an activating group) is 1. The third-order valence-corrected chi connectivity index (χ3v) is 9.29. The highest BCUT2D eigenvalue weighted by Crippen LogP contribution is 2.59. The SMILES string of the molecule is COC1=C(C)C(=O)C2=C(C1=O)[C@H](CNC(=O)[C@H](C)[NH3+])N1[C@@H](O)C3[C@@H](OC)c4c(O)c(C)c(OC)c(O)c4C([C@@H]1C2)N3C. The number of allylic oxidation sites excluding steroid dienone is 2. The number of aromatic hydroxyl groups is 2. The fourth-order valence-corrected chi connectivity index (χ4v) is 7.35. The van der Waals surface area contributed by atoms with E-state index in [4.69, 9.17) is 14.2 Å². The number of methoxy groups -OCH3 is 3. The van der Waals surface area contributed by atoms with Gasteiger partial charge in [-0.3, -0.25) is 24.2 Å². The number of benzene rings is 1. The lowest BCUT2D eigenvalue weighted by Gasteiger charge is -2.61. The number of carbonyl (C=O) groups is 3. The summed E-state index contributed by atoms with van der Waals surface area (Å²) >= 11 is 0. The molecule has 3 heterocycles. The lowest BCUT2D eigenvalue weighted by Crippen LogP contribution is -2.73. The van der Waals surface area contributed by atoms with Crippen molar-refractivity contribution in [3.8, 4) is 17.2 Å². The smallest absolute Gasteiger partial charge is 0.277 e. The van der Waals surface area contributed by atoms with Crippen LogP contribution < -0.4 is 15.8 Å². The Bertz CT molecular complexity index is 1430. The molecule has 1 aromatic rings. The Kier molecular flexibility index (Phi) is 7.60. The highest BCUT2D eigenvalue weighted by atomic mass is 16.5. The molecular weight excluding hydrogens is 548 g/mol. The first-order chi connectivity index (χ1) is 19.8. The van der Waals surface area contributed by atoms with Crippen molar-refractivity contribution in [2.75, 3.05) is 34.9 Å². The summed E-state index contributed by atoms with van der Waals surface area (Å²) in [5.41, 5.74) is 5.36. The molecule has 7 atom stereocenters. The van der Waals surface area contributed by atoms with E-state index in [1.54, 1.807) is 25.8 Å². The summed E-state index contributed by atoms with van der Waals surface area (Å²) in [6.45, 7) is 4.69. The highest BCUT2D eigenvalue weighted by molar-refractivity contribution is 6.25. The standard InChI is InChI=1S/C29H38N4O9/c1-10-21(34)13-8-14-19-17-18(22(35)11(2)26(41-6)24(17)37)27(42-7)20(32(19)4)29(39)33(14)15(9-31-28(38)12(3)30)16(13)23(36)25(10)40-5/h12,14-15,19-20,27,29,35,37,39H,8-9,30H2,1-7H3,(H,31,38)/p+1/t12-,14-,15-,19?,20?,27-,29-/m0/s1. The van der Waals surface area contributed by atoms with Crippen LogP contribution in [-0.2, 0) is 23.9 Å². The molecule has 0 aromatic heterocycles. The van der Waals surface area contributed by atoms with E-state index in [1.165, 1.54) is 28.3 Å². The van der Waals surface area contributed by atoms with Crippen LogP contribution in [-0.4, -0.2) is 108 Å². The average Bonchev–Trinajstić information content (AvgIpc) is 2.95. The normalized spacial score (nSPS) is 30.0. The first-order valence-corrected chi connectivity index (χ1v) is 13.8. The molecule has 42 heavy (non-hydrogen) atoms. The van der Waals surface area contributed by atoms with E-state index in [-0.39, 0.29) is 64.4 Å². The number of phenols is 2. The average molecular weight is 588 g/mol. The number of rotatable bonds is 6. The summed E-state index contributed by atoms with van der Waals surface area (Å²) in [5.74, 6) is -1.49. The second-order valence-electron chi connectivity index (χ2n) is 11.4. The first-order valence-electron chi connectivity index (χ1n) is 13.8. The second kappa shape index (κ2) is 10.7. The van der Waals surface area contributed by atoms with Crippen LogP contribution in [0.4, 0.5) is 0 Å². The summed E-state index contributed by atoms with van der Waals surface area (Å²) in [7, 11) is 5.94. The minimum absolute atomic E-state index is 0.0523. The maximum atomic E-state index is 13.8. The van der Waals surface area contributed by atoms with Crippen LogP contribution in [0.1, 0.15) is 49.1 Å². The van der Waals surface area contributed by atoms with Crippen molar-refractivity contribution in [3.63, 3.8) is 0 Å². The van der Waals surface area contributed by atoms with E-state index >= 15 is 0 Å². The largest absolute Gasteiger partial charge is 0.507 e. The van der Waals surface area contributed by atoms with Gasteiger partial charge in [-0.15, -0.1) is 0 Å². The van der Waals surface area contributed by atoms with Crippen molar-refractivity contribution in [3.05, 3.63) is 39.2 Å². The molecule has 5 rings (SSSR count). The predicted octanol–water partition coefficient (Wildman–Crippen LogP) is -0.652. The Labute approximate surface area is 243 Å². The summed E-state index contributed by atoms with van der Waals surface area (Å²) < 4.78 is 16.7. The minimum Gasteiger partial charge on any atom is -0.507 e. The minimum atomic E-state index is -1.27. The number of amides is 1. The summed E-state index contributed by atoms with van der Waals surface area (Å²) in [5, 5.41) is 37.8. The van der Waals surface area contributed by atoms with E-state index in [9.17, 15) is 29.7 Å². The number of aliphatic hydroxyl groups is 1. The predicted molar refractivity (Wildman–Crippen MR) is 147 cm³/mol. The number of nitrogens with one attached hydrogen (secondary N) is 1. The van der Waals surface area contributed by atoms with Gasteiger partial charge < -0.3 is 40.6 Å². The molecule has 2 bridgehead atoms. The van der Waals surface area contributed by atoms with Crippen molar-refractivity contribution in [2.45, 2.75) is 69.7 Å². The zero-order chi connectivity index (χ0) is 30.9. The number of Topliss-reactive ketones (excluding diaryl/α,β-unsaturated/α-hetero) is 2. The van der Waals surface area contributed by atoms with Gasteiger partial charge in [0.1, 0.15) is 18.1 Å². The fourth-order valence-electron chi connectivity index (χ4n) is 7.35. The molecule has 1 amide bonds. The third-order valence-electron chi connectivity index (χ3n) is 9.29. The van der Waals surface area contributed by atoms with Crippen molar-refractivity contribution >= 4 is 17.5 Å². The number of piperazine rings is 1. The van der Waals surface area contributed by atoms with E-state index < -0.39 is 48.3 Å². The molecule has 1 fully saturated rings. The number of nitrogens with zero attached hydrogens (tertiary/aromatic N) is 2. The number of aliphatic hydroxyl groups excluding tert-OH is 1. The van der Waals surface area contributed by atoms with Gasteiger partial charge in [0, 0.05) is 53.1 Å². The number of ketones is 2. The molecule has 0 saturated carbocycles. The lowest BCUT2D eigenvalue weighted by molar-refractivity contribution is -0.398. The number of quaternary nitrogens is 1. The molecule has 13 nitrogen and oxygen atoms in total. The molecule has 13 heteroatoms. The molecule has 0 radical (unpaired) electrons. The van der Waals surface area contributed by atoms with Crippen LogP contribution in [0.2, 0.25) is 0 Å². The molecule has 7 N–H and O–H groups in total. The monoisotopic (exact) mass is 587 g/mol. The van der Waals surface area contributed by atoms with Crippen LogP contribution in [0.5, 0.6) is 17.2 Å². The molecule has 3 aliphatic heterocycles. The van der Waals surface area contributed by atoms with Crippen LogP contribution >= 0.6 is 0 Å². The van der Waals surface area contributed by atoms with Gasteiger partial charge >= 0.3 is 0 Å². The topological polar surface area (TPSA) is 186 Å². The van der Waals surface area contributed by atoms with E-state index in [1.807, 2.05) is 4.90 Å². The van der Waals surface area contributed by atoms with E-state index in [2.05, 4.69) is 11.1 Å². The molecule has 0 spiro atoms.